The molecule has 1 atom stereocenters. The van der Waals surface area contributed by atoms with Crippen molar-refractivity contribution in [2.75, 3.05) is 19.6 Å². The average Bonchev–Trinajstić information content (AvgIpc) is 3.24. The summed E-state index contributed by atoms with van der Waals surface area (Å²) < 4.78 is 0. The van der Waals surface area contributed by atoms with Gasteiger partial charge in [0, 0.05) is 18.6 Å². The van der Waals surface area contributed by atoms with Gasteiger partial charge >= 0.3 is 0 Å². The number of nitrogens with one attached hydrogen (secondary N) is 1. The zero-order valence-electron chi connectivity index (χ0n) is 11.3. The average molecular weight is 236 g/mol. The maximum Gasteiger partial charge on any atom is 0.0195 e. The van der Waals surface area contributed by atoms with Crippen molar-refractivity contribution in [1.29, 1.82) is 0 Å². The van der Waals surface area contributed by atoms with Crippen LogP contribution in [0.25, 0.3) is 0 Å². The molecule has 1 heterocycles. The van der Waals surface area contributed by atoms with E-state index in [1.54, 1.807) is 0 Å². The first-order valence-corrected chi connectivity index (χ1v) is 7.86. The third kappa shape index (κ3) is 3.03. The van der Waals surface area contributed by atoms with Gasteiger partial charge < -0.3 is 5.32 Å². The van der Waals surface area contributed by atoms with Crippen LogP contribution in [-0.2, 0) is 0 Å². The molecular formula is C15H28N2. The SMILES string of the molecule is CCN(CC1CCCCN1)C(C1CC1)C1CC1. The van der Waals surface area contributed by atoms with Crippen molar-refractivity contribution >= 4 is 0 Å². The Morgan fingerprint density at radius 3 is 2.24 bits per heavy atom. The molecule has 1 N–H and O–H groups in total. The standard InChI is InChI=1S/C15H28N2/c1-2-17(11-14-5-3-4-10-16-14)15(12-6-7-12)13-8-9-13/h12-16H,2-11H2,1H3. The largest absolute Gasteiger partial charge is 0.313 e. The highest BCUT2D eigenvalue weighted by Crippen LogP contribution is 2.47. The van der Waals surface area contributed by atoms with Gasteiger partial charge in [-0.2, -0.15) is 0 Å². The van der Waals surface area contributed by atoms with E-state index in [1.165, 1.54) is 64.6 Å². The van der Waals surface area contributed by atoms with Crippen molar-refractivity contribution in [2.24, 2.45) is 11.8 Å². The second kappa shape index (κ2) is 5.27. The minimum Gasteiger partial charge on any atom is -0.313 e. The van der Waals surface area contributed by atoms with Crippen LogP contribution in [0.2, 0.25) is 0 Å². The summed E-state index contributed by atoms with van der Waals surface area (Å²) in [6, 6.07) is 1.73. The maximum atomic E-state index is 3.72. The Labute approximate surface area is 106 Å². The molecule has 3 aliphatic rings. The monoisotopic (exact) mass is 236 g/mol. The first kappa shape index (κ1) is 12.0. The van der Waals surface area contributed by atoms with Gasteiger partial charge in [-0.1, -0.05) is 13.3 Å². The summed E-state index contributed by atoms with van der Waals surface area (Å²) in [6.45, 7) is 6.18. The van der Waals surface area contributed by atoms with Gasteiger partial charge in [-0.05, 0) is 63.5 Å². The second-order valence-electron chi connectivity index (χ2n) is 6.40. The van der Waals surface area contributed by atoms with Crippen molar-refractivity contribution in [3.8, 4) is 0 Å². The van der Waals surface area contributed by atoms with Gasteiger partial charge in [-0.3, -0.25) is 4.90 Å². The summed E-state index contributed by atoms with van der Waals surface area (Å²) in [6.07, 6.45) is 10.3. The molecule has 1 saturated heterocycles. The third-order valence-electron chi connectivity index (χ3n) is 4.91. The van der Waals surface area contributed by atoms with Crippen molar-refractivity contribution in [2.45, 2.75) is 64.0 Å². The fraction of sp³-hybridized carbons (Fsp3) is 1.00. The van der Waals surface area contributed by atoms with Crippen molar-refractivity contribution in [1.82, 2.24) is 10.2 Å². The van der Waals surface area contributed by atoms with Crippen molar-refractivity contribution in [3.63, 3.8) is 0 Å². The van der Waals surface area contributed by atoms with E-state index in [0.717, 1.165) is 23.9 Å². The number of hydrogen-bond donors (Lipinski definition) is 1. The minimum atomic E-state index is 0.781. The van der Waals surface area contributed by atoms with E-state index in [-0.39, 0.29) is 0 Å². The molecule has 0 radical (unpaired) electrons. The van der Waals surface area contributed by atoms with Crippen LogP contribution in [0.3, 0.4) is 0 Å². The summed E-state index contributed by atoms with van der Waals surface area (Å²) >= 11 is 0. The van der Waals surface area contributed by atoms with E-state index in [9.17, 15) is 0 Å². The summed E-state index contributed by atoms with van der Waals surface area (Å²) in [5, 5.41) is 3.72. The molecule has 0 bridgehead atoms. The van der Waals surface area contributed by atoms with E-state index in [0.29, 0.717) is 0 Å². The maximum absolute atomic E-state index is 3.72. The number of nitrogens with zero attached hydrogens (tertiary/aromatic N) is 1. The highest BCUT2D eigenvalue weighted by atomic mass is 15.2. The molecule has 3 fully saturated rings. The first-order valence-electron chi connectivity index (χ1n) is 7.86. The summed E-state index contributed by atoms with van der Waals surface area (Å²) in [7, 11) is 0. The Balaban J connectivity index is 1.56. The van der Waals surface area contributed by atoms with E-state index in [2.05, 4.69) is 17.1 Å². The molecule has 1 aliphatic heterocycles. The zero-order chi connectivity index (χ0) is 11.7. The molecule has 2 nitrogen and oxygen atoms in total. The van der Waals surface area contributed by atoms with Crippen LogP contribution in [0.15, 0.2) is 0 Å². The van der Waals surface area contributed by atoms with Crippen LogP contribution in [0.4, 0.5) is 0 Å². The fourth-order valence-electron chi connectivity index (χ4n) is 3.68. The zero-order valence-corrected chi connectivity index (χ0v) is 11.3. The normalized spacial score (nSPS) is 30.2. The predicted octanol–water partition coefficient (Wildman–Crippen LogP) is 2.64. The molecule has 2 heteroatoms. The van der Waals surface area contributed by atoms with E-state index < -0.39 is 0 Å². The van der Waals surface area contributed by atoms with Gasteiger partial charge in [-0.25, -0.2) is 0 Å². The number of rotatable bonds is 6. The highest BCUT2D eigenvalue weighted by Gasteiger charge is 2.44. The lowest BCUT2D eigenvalue weighted by Gasteiger charge is -2.36. The Bertz CT molecular complexity index is 227. The molecule has 0 amide bonds. The van der Waals surface area contributed by atoms with Gasteiger partial charge in [0.2, 0.25) is 0 Å². The quantitative estimate of drug-likeness (QED) is 0.763. The van der Waals surface area contributed by atoms with Crippen molar-refractivity contribution < 1.29 is 0 Å². The molecule has 3 rings (SSSR count). The molecule has 1 unspecified atom stereocenters. The topological polar surface area (TPSA) is 15.3 Å². The second-order valence-corrected chi connectivity index (χ2v) is 6.40. The van der Waals surface area contributed by atoms with Crippen LogP contribution in [0.5, 0.6) is 0 Å². The van der Waals surface area contributed by atoms with Crippen LogP contribution in [-0.4, -0.2) is 36.6 Å². The molecule has 0 aromatic rings. The van der Waals surface area contributed by atoms with Crippen LogP contribution >= 0.6 is 0 Å². The molecule has 0 spiro atoms. The lowest BCUT2D eigenvalue weighted by molar-refractivity contribution is 0.140. The van der Waals surface area contributed by atoms with Crippen LogP contribution in [0, 0.1) is 11.8 Å². The molecule has 17 heavy (non-hydrogen) atoms. The molecular weight excluding hydrogens is 208 g/mol. The predicted molar refractivity (Wildman–Crippen MR) is 72.1 cm³/mol. The molecule has 0 aromatic carbocycles. The van der Waals surface area contributed by atoms with Gasteiger partial charge in [-0.15, -0.1) is 0 Å². The Hall–Kier alpha value is -0.0800. The van der Waals surface area contributed by atoms with Gasteiger partial charge in [0.25, 0.3) is 0 Å². The van der Waals surface area contributed by atoms with Gasteiger partial charge in [0.1, 0.15) is 0 Å². The first-order chi connectivity index (χ1) is 8.38. The lowest BCUT2D eigenvalue weighted by Crippen LogP contribution is -2.48. The smallest absolute Gasteiger partial charge is 0.0195 e. The Kier molecular flexibility index (Phi) is 3.72. The molecule has 98 valence electrons. The summed E-state index contributed by atoms with van der Waals surface area (Å²) in [5.74, 6) is 2.12. The van der Waals surface area contributed by atoms with E-state index >= 15 is 0 Å². The Morgan fingerprint density at radius 1 is 1.06 bits per heavy atom. The summed E-state index contributed by atoms with van der Waals surface area (Å²) in [4.78, 5) is 2.82. The number of piperidine rings is 1. The third-order valence-corrected chi connectivity index (χ3v) is 4.91. The summed E-state index contributed by atoms with van der Waals surface area (Å²) in [5.41, 5.74) is 0. The van der Waals surface area contributed by atoms with Crippen LogP contribution in [0.1, 0.15) is 51.9 Å². The van der Waals surface area contributed by atoms with Crippen molar-refractivity contribution in [3.05, 3.63) is 0 Å². The number of likely N-dealkylation sites (N-methyl/N-ethyl adjacent to an activating group) is 1. The fourth-order valence-corrected chi connectivity index (χ4v) is 3.68. The minimum absolute atomic E-state index is 0.781. The van der Waals surface area contributed by atoms with Crippen LogP contribution < -0.4 is 5.32 Å². The molecule has 2 saturated carbocycles. The molecule has 0 aromatic heterocycles. The lowest BCUT2D eigenvalue weighted by atomic mass is 10.0. The van der Waals surface area contributed by atoms with Gasteiger partial charge in [0.05, 0.1) is 0 Å². The van der Waals surface area contributed by atoms with Gasteiger partial charge in [0.15, 0.2) is 0 Å². The Morgan fingerprint density at radius 2 is 1.76 bits per heavy atom. The van der Waals surface area contributed by atoms with E-state index in [4.69, 9.17) is 0 Å². The number of hydrogen-bond acceptors (Lipinski definition) is 2. The highest BCUT2D eigenvalue weighted by molar-refractivity contribution is 4.98. The molecule has 2 aliphatic carbocycles. The van der Waals surface area contributed by atoms with E-state index in [1.807, 2.05) is 0 Å².